The largest absolute Gasteiger partial charge is 0.453 e. The minimum absolute atomic E-state index is 0.382. The lowest BCUT2D eigenvalue weighted by atomic mass is 9.91. The van der Waals surface area contributed by atoms with Gasteiger partial charge in [-0.15, -0.1) is 0 Å². The highest BCUT2D eigenvalue weighted by molar-refractivity contribution is 7.75. The molecular formula is C10H17NO6S. The quantitative estimate of drug-likeness (QED) is 0.248. The van der Waals surface area contributed by atoms with E-state index in [4.69, 9.17) is 4.74 Å². The Morgan fingerprint density at radius 2 is 1.83 bits per heavy atom. The summed E-state index contributed by atoms with van der Waals surface area (Å²) in [7, 11) is 0. The standard InChI is InChI=1S/C10H17NO6S/c1-4-10(2,3)8(13)15-5-7(12)16-6-11-9(14)17-18/h18H,4-6H2,1-3H3,(H,11,14). The number of esters is 2. The molecule has 0 rings (SSSR count). The Labute approximate surface area is 111 Å². The molecule has 0 spiro atoms. The first-order valence-corrected chi connectivity index (χ1v) is 5.62. The van der Waals surface area contributed by atoms with Gasteiger partial charge >= 0.3 is 18.0 Å². The van der Waals surface area contributed by atoms with Crippen LogP contribution in [0.4, 0.5) is 4.79 Å². The average molecular weight is 279 g/mol. The van der Waals surface area contributed by atoms with Gasteiger partial charge in [0.2, 0.25) is 0 Å². The Kier molecular flexibility index (Phi) is 7.18. The zero-order valence-corrected chi connectivity index (χ0v) is 11.4. The number of hydrogen-bond donors (Lipinski definition) is 2. The predicted molar refractivity (Wildman–Crippen MR) is 64.6 cm³/mol. The van der Waals surface area contributed by atoms with Crippen LogP contribution >= 0.6 is 12.9 Å². The Balaban J connectivity index is 3.84. The maximum absolute atomic E-state index is 11.5. The molecule has 1 N–H and O–H groups in total. The van der Waals surface area contributed by atoms with E-state index < -0.39 is 30.1 Å². The van der Waals surface area contributed by atoms with E-state index in [0.29, 0.717) is 6.42 Å². The number of amides is 1. The molecule has 8 heteroatoms. The number of carbonyl (C=O) groups excluding carboxylic acids is 3. The van der Waals surface area contributed by atoms with Crippen molar-refractivity contribution in [2.45, 2.75) is 27.2 Å². The summed E-state index contributed by atoms with van der Waals surface area (Å²) in [5, 5.41) is 2.07. The molecule has 0 radical (unpaired) electrons. The highest BCUT2D eigenvalue weighted by atomic mass is 32.1. The van der Waals surface area contributed by atoms with Gasteiger partial charge in [0.25, 0.3) is 0 Å². The first kappa shape index (κ1) is 16.6. The van der Waals surface area contributed by atoms with Crippen molar-refractivity contribution in [3.05, 3.63) is 0 Å². The SMILES string of the molecule is CCC(C)(C)C(=O)OCC(=O)OCNC(=O)OS. The second-order valence-electron chi connectivity index (χ2n) is 4.03. The third-order valence-electron chi connectivity index (χ3n) is 2.29. The number of thiol groups is 1. The minimum Gasteiger partial charge on any atom is -0.453 e. The molecule has 0 aromatic carbocycles. The fourth-order valence-corrected chi connectivity index (χ4v) is 0.778. The topological polar surface area (TPSA) is 90.9 Å². The lowest BCUT2D eigenvalue weighted by Gasteiger charge is -2.19. The maximum Gasteiger partial charge on any atom is 0.421 e. The molecule has 0 aliphatic rings. The smallest absolute Gasteiger partial charge is 0.421 e. The van der Waals surface area contributed by atoms with Crippen molar-refractivity contribution in [1.82, 2.24) is 5.32 Å². The van der Waals surface area contributed by atoms with Gasteiger partial charge in [0.15, 0.2) is 13.3 Å². The zero-order valence-electron chi connectivity index (χ0n) is 10.5. The molecule has 7 nitrogen and oxygen atoms in total. The summed E-state index contributed by atoms with van der Waals surface area (Å²) in [5.74, 6) is -1.25. The van der Waals surface area contributed by atoms with Crippen LogP contribution in [0.25, 0.3) is 0 Å². The number of carbonyl (C=O) groups is 3. The second-order valence-corrected chi connectivity index (χ2v) is 4.21. The molecule has 18 heavy (non-hydrogen) atoms. The molecule has 0 fully saturated rings. The molecule has 0 aliphatic carbocycles. The summed E-state index contributed by atoms with van der Waals surface area (Å²) < 4.78 is 13.3. The second kappa shape index (κ2) is 7.80. The lowest BCUT2D eigenvalue weighted by molar-refractivity contribution is -0.164. The molecule has 0 aromatic rings. The summed E-state index contributed by atoms with van der Waals surface area (Å²) in [4.78, 5) is 33.2. The number of nitrogens with one attached hydrogen (secondary N) is 1. The van der Waals surface area contributed by atoms with Crippen LogP contribution in [0.2, 0.25) is 0 Å². The monoisotopic (exact) mass is 279 g/mol. The van der Waals surface area contributed by atoms with E-state index in [2.05, 4.69) is 27.1 Å². The highest BCUT2D eigenvalue weighted by Crippen LogP contribution is 2.21. The Morgan fingerprint density at radius 1 is 1.22 bits per heavy atom. The molecule has 104 valence electrons. The predicted octanol–water partition coefficient (Wildman–Crippen LogP) is 1.04. The maximum atomic E-state index is 11.5. The van der Waals surface area contributed by atoms with Crippen molar-refractivity contribution in [2.75, 3.05) is 13.3 Å². The van der Waals surface area contributed by atoms with E-state index in [9.17, 15) is 14.4 Å². The van der Waals surface area contributed by atoms with E-state index in [1.165, 1.54) is 0 Å². The first-order valence-electron chi connectivity index (χ1n) is 5.25. The molecule has 0 aromatic heterocycles. The van der Waals surface area contributed by atoms with Crippen LogP contribution in [0.1, 0.15) is 27.2 Å². The van der Waals surface area contributed by atoms with Gasteiger partial charge in [0, 0.05) is 12.9 Å². The van der Waals surface area contributed by atoms with Gasteiger partial charge in [-0.3, -0.25) is 10.1 Å². The van der Waals surface area contributed by atoms with Crippen LogP contribution in [-0.4, -0.2) is 31.4 Å². The van der Waals surface area contributed by atoms with Gasteiger partial charge in [0.05, 0.1) is 5.41 Å². The number of ether oxygens (including phenoxy) is 2. The average Bonchev–Trinajstić information content (AvgIpc) is 2.35. The number of rotatable bonds is 6. The third-order valence-corrected chi connectivity index (χ3v) is 2.46. The fourth-order valence-electron chi connectivity index (χ4n) is 0.714. The summed E-state index contributed by atoms with van der Waals surface area (Å²) in [6.45, 7) is 4.38. The van der Waals surface area contributed by atoms with E-state index in [1.807, 2.05) is 6.92 Å². The van der Waals surface area contributed by atoms with Gasteiger partial charge < -0.3 is 13.7 Å². The summed E-state index contributed by atoms with van der Waals surface area (Å²) in [6, 6.07) is 0. The first-order chi connectivity index (χ1) is 8.33. The van der Waals surface area contributed by atoms with Crippen LogP contribution in [-0.2, 0) is 23.2 Å². The normalized spacial score (nSPS) is 10.4. The van der Waals surface area contributed by atoms with Crippen molar-refractivity contribution in [3.63, 3.8) is 0 Å². The summed E-state index contributed by atoms with van der Waals surface area (Å²) in [6.07, 6.45) is -0.258. The number of hydrogen-bond acceptors (Lipinski definition) is 7. The molecule has 0 atom stereocenters. The van der Waals surface area contributed by atoms with Crippen molar-refractivity contribution in [2.24, 2.45) is 5.41 Å². The van der Waals surface area contributed by atoms with Crippen LogP contribution in [0, 0.1) is 5.41 Å². The van der Waals surface area contributed by atoms with Crippen LogP contribution in [0.3, 0.4) is 0 Å². The van der Waals surface area contributed by atoms with Crippen LogP contribution in [0.5, 0.6) is 0 Å². The van der Waals surface area contributed by atoms with Gasteiger partial charge in [-0.05, 0) is 20.3 Å². The summed E-state index contributed by atoms with van der Waals surface area (Å²) >= 11 is 3.23. The molecule has 0 saturated heterocycles. The highest BCUT2D eigenvalue weighted by Gasteiger charge is 2.27. The van der Waals surface area contributed by atoms with Crippen molar-refractivity contribution in [3.8, 4) is 0 Å². The molecule has 0 aliphatic heterocycles. The fraction of sp³-hybridized carbons (Fsp3) is 0.700. The van der Waals surface area contributed by atoms with Gasteiger partial charge in [-0.2, -0.15) is 0 Å². The van der Waals surface area contributed by atoms with Crippen molar-refractivity contribution < 1.29 is 28.0 Å². The van der Waals surface area contributed by atoms with Crippen molar-refractivity contribution >= 4 is 30.9 Å². The van der Waals surface area contributed by atoms with Crippen LogP contribution < -0.4 is 5.32 Å². The minimum atomic E-state index is -0.852. The van der Waals surface area contributed by atoms with E-state index >= 15 is 0 Å². The zero-order chi connectivity index (χ0) is 14.2. The summed E-state index contributed by atoms with van der Waals surface area (Å²) in [5.41, 5.74) is -0.644. The van der Waals surface area contributed by atoms with E-state index in [1.54, 1.807) is 13.8 Å². The Hall–Kier alpha value is -1.44. The van der Waals surface area contributed by atoms with Crippen molar-refractivity contribution in [1.29, 1.82) is 0 Å². The van der Waals surface area contributed by atoms with E-state index in [-0.39, 0.29) is 6.73 Å². The lowest BCUT2D eigenvalue weighted by Crippen LogP contribution is -2.31. The molecule has 0 bridgehead atoms. The molecule has 0 unspecified atom stereocenters. The molecule has 0 saturated carbocycles. The molecular weight excluding hydrogens is 262 g/mol. The van der Waals surface area contributed by atoms with Gasteiger partial charge in [-0.1, -0.05) is 6.92 Å². The Morgan fingerprint density at radius 3 is 2.33 bits per heavy atom. The van der Waals surface area contributed by atoms with Crippen LogP contribution in [0.15, 0.2) is 0 Å². The third kappa shape index (κ3) is 6.33. The van der Waals surface area contributed by atoms with E-state index in [0.717, 1.165) is 0 Å². The van der Waals surface area contributed by atoms with Gasteiger partial charge in [0.1, 0.15) is 0 Å². The molecule has 1 amide bonds. The van der Waals surface area contributed by atoms with Gasteiger partial charge in [-0.25, -0.2) is 9.59 Å². The Bertz CT molecular complexity index is 317. The molecule has 0 heterocycles.